The molecule has 29 heavy (non-hydrogen) atoms. The summed E-state index contributed by atoms with van der Waals surface area (Å²) in [4.78, 5) is 28.4. The number of alkyl halides is 2. The van der Waals surface area contributed by atoms with Crippen LogP contribution in [0.1, 0.15) is 38.2 Å². The van der Waals surface area contributed by atoms with E-state index in [4.69, 9.17) is 4.74 Å². The summed E-state index contributed by atoms with van der Waals surface area (Å²) in [7, 11) is 3.16. The van der Waals surface area contributed by atoms with Gasteiger partial charge in [-0.1, -0.05) is 13.0 Å². The van der Waals surface area contributed by atoms with E-state index in [9.17, 15) is 18.4 Å². The van der Waals surface area contributed by atoms with Gasteiger partial charge >= 0.3 is 12.6 Å². The average Bonchev–Trinajstić information content (AvgIpc) is 2.89. The third-order valence-electron chi connectivity index (χ3n) is 5.65. The molecule has 1 saturated carbocycles. The Hall–Kier alpha value is -2.42. The number of carbonyl (C=O) groups excluding carboxylic acids is 2. The SMILES string of the molecule is COc1cc(CN(C)CN2C(=O)NC3(CCC(C)CC3)C2=O)ccc1OC(F)F. The summed E-state index contributed by atoms with van der Waals surface area (Å²) in [6.07, 6.45) is 3.18. The summed E-state index contributed by atoms with van der Waals surface area (Å²) in [5, 5.41) is 2.91. The first-order chi connectivity index (χ1) is 13.7. The predicted molar refractivity (Wildman–Crippen MR) is 102 cm³/mol. The summed E-state index contributed by atoms with van der Waals surface area (Å²) >= 11 is 0. The normalized spacial score (nSPS) is 24.5. The lowest BCUT2D eigenvalue weighted by molar-refractivity contribution is -0.134. The second-order valence-electron chi connectivity index (χ2n) is 7.95. The van der Waals surface area contributed by atoms with Crippen molar-refractivity contribution in [1.82, 2.24) is 15.1 Å². The molecule has 1 aromatic carbocycles. The van der Waals surface area contributed by atoms with Gasteiger partial charge in [0.1, 0.15) is 5.54 Å². The molecule has 0 aromatic heterocycles. The molecule has 2 fully saturated rings. The summed E-state index contributed by atoms with van der Waals surface area (Å²) in [5.41, 5.74) is 0.0151. The zero-order valence-corrected chi connectivity index (χ0v) is 16.9. The van der Waals surface area contributed by atoms with E-state index >= 15 is 0 Å². The number of nitrogens with zero attached hydrogens (tertiary/aromatic N) is 2. The molecule has 9 heteroatoms. The van der Waals surface area contributed by atoms with Crippen molar-refractivity contribution in [2.24, 2.45) is 5.92 Å². The number of urea groups is 1. The summed E-state index contributed by atoms with van der Waals surface area (Å²) in [5.74, 6) is 0.548. The number of amides is 3. The quantitative estimate of drug-likeness (QED) is 0.698. The van der Waals surface area contributed by atoms with Crippen LogP contribution in [-0.4, -0.2) is 54.7 Å². The van der Waals surface area contributed by atoms with Gasteiger partial charge in [-0.3, -0.25) is 9.69 Å². The summed E-state index contributed by atoms with van der Waals surface area (Å²) < 4.78 is 34.5. The van der Waals surface area contributed by atoms with E-state index in [1.165, 1.54) is 18.1 Å². The lowest BCUT2D eigenvalue weighted by Gasteiger charge is -2.33. The van der Waals surface area contributed by atoms with Gasteiger partial charge in [0.05, 0.1) is 13.8 Å². The molecule has 3 rings (SSSR count). The zero-order valence-electron chi connectivity index (χ0n) is 16.9. The molecule has 1 aliphatic carbocycles. The third-order valence-corrected chi connectivity index (χ3v) is 5.65. The molecule has 7 nitrogen and oxygen atoms in total. The van der Waals surface area contributed by atoms with E-state index in [1.54, 1.807) is 19.2 Å². The smallest absolute Gasteiger partial charge is 0.387 e. The van der Waals surface area contributed by atoms with Crippen LogP contribution in [0.15, 0.2) is 18.2 Å². The maximum atomic E-state index is 12.9. The first-order valence-electron chi connectivity index (χ1n) is 9.68. The Kier molecular flexibility index (Phi) is 6.26. The van der Waals surface area contributed by atoms with Gasteiger partial charge in [0.25, 0.3) is 5.91 Å². The molecule has 1 saturated heterocycles. The van der Waals surface area contributed by atoms with Gasteiger partial charge in [-0.25, -0.2) is 9.69 Å². The minimum Gasteiger partial charge on any atom is -0.493 e. The van der Waals surface area contributed by atoms with E-state index in [-0.39, 0.29) is 30.1 Å². The molecule has 0 atom stereocenters. The second-order valence-corrected chi connectivity index (χ2v) is 7.95. The Labute approximate surface area is 168 Å². The van der Waals surface area contributed by atoms with Crippen LogP contribution in [0.4, 0.5) is 13.6 Å². The highest BCUT2D eigenvalue weighted by Gasteiger charge is 2.52. The van der Waals surface area contributed by atoms with Gasteiger partial charge in [-0.15, -0.1) is 0 Å². The Bertz CT molecular complexity index is 766. The number of halogens is 2. The fraction of sp³-hybridized carbons (Fsp3) is 0.600. The highest BCUT2D eigenvalue weighted by molar-refractivity contribution is 6.07. The number of ether oxygens (including phenoxy) is 2. The van der Waals surface area contributed by atoms with Crippen LogP contribution in [0.3, 0.4) is 0 Å². The van der Waals surface area contributed by atoms with Crippen LogP contribution in [0.2, 0.25) is 0 Å². The number of nitrogens with one attached hydrogen (secondary N) is 1. The van der Waals surface area contributed by atoms with Gasteiger partial charge in [-0.05, 0) is 56.3 Å². The Morgan fingerprint density at radius 1 is 1.28 bits per heavy atom. The van der Waals surface area contributed by atoms with Gasteiger partial charge in [0, 0.05) is 6.54 Å². The van der Waals surface area contributed by atoms with E-state index < -0.39 is 12.2 Å². The topological polar surface area (TPSA) is 71.1 Å². The van der Waals surface area contributed by atoms with Crippen molar-refractivity contribution in [2.75, 3.05) is 20.8 Å². The van der Waals surface area contributed by atoms with Gasteiger partial charge in [0.2, 0.25) is 0 Å². The minimum atomic E-state index is -2.94. The summed E-state index contributed by atoms with van der Waals surface area (Å²) in [6, 6.07) is 4.30. The van der Waals surface area contributed by atoms with Crippen molar-refractivity contribution in [3.8, 4) is 11.5 Å². The number of imide groups is 1. The van der Waals surface area contributed by atoms with Gasteiger partial charge < -0.3 is 14.8 Å². The zero-order chi connectivity index (χ0) is 21.2. The molecular weight excluding hydrogens is 384 g/mol. The van der Waals surface area contributed by atoms with Crippen LogP contribution in [-0.2, 0) is 11.3 Å². The Morgan fingerprint density at radius 3 is 2.59 bits per heavy atom. The van der Waals surface area contributed by atoms with Crippen LogP contribution >= 0.6 is 0 Å². The number of benzene rings is 1. The maximum Gasteiger partial charge on any atom is 0.387 e. The fourth-order valence-corrected chi connectivity index (χ4v) is 4.01. The monoisotopic (exact) mass is 411 g/mol. The molecule has 1 aliphatic heterocycles. The van der Waals surface area contributed by atoms with E-state index in [0.29, 0.717) is 25.3 Å². The van der Waals surface area contributed by atoms with Crippen LogP contribution < -0.4 is 14.8 Å². The Balaban J connectivity index is 1.64. The van der Waals surface area contributed by atoms with Crippen LogP contribution in [0, 0.1) is 5.92 Å². The van der Waals surface area contributed by atoms with Crippen molar-refractivity contribution < 1.29 is 27.8 Å². The molecule has 3 amide bonds. The highest BCUT2D eigenvalue weighted by Crippen LogP contribution is 2.36. The molecule has 1 spiro atoms. The average molecular weight is 411 g/mol. The van der Waals surface area contributed by atoms with Crippen LogP contribution in [0.25, 0.3) is 0 Å². The maximum absolute atomic E-state index is 12.9. The number of carbonyl (C=O) groups is 2. The van der Waals surface area contributed by atoms with Gasteiger partial charge in [0.15, 0.2) is 11.5 Å². The van der Waals surface area contributed by atoms with Crippen molar-refractivity contribution in [1.29, 1.82) is 0 Å². The fourth-order valence-electron chi connectivity index (χ4n) is 4.01. The first-order valence-corrected chi connectivity index (χ1v) is 9.68. The molecule has 1 heterocycles. The highest BCUT2D eigenvalue weighted by atomic mass is 19.3. The van der Waals surface area contributed by atoms with Crippen molar-refractivity contribution in [3.63, 3.8) is 0 Å². The largest absolute Gasteiger partial charge is 0.493 e. The third kappa shape index (κ3) is 4.60. The molecule has 2 aliphatic rings. The second kappa shape index (κ2) is 8.52. The first kappa shape index (κ1) is 21.3. The van der Waals surface area contributed by atoms with Crippen LogP contribution in [0.5, 0.6) is 11.5 Å². The predicted octanol–water partition coefficient (Wildman–Crippen LogP) is 3.19. The number of hydrogen-bond acceptors (Lipinski definition) is 5. The van der Waals surface area contributed by atoms with Crippen molar-refractivity contribution in [2.45, 2.75) is 51.3 Å². The molecule has 1 aromatic rings. The molecule has 1 N–H and O–H groups in total. The van der Waals surface area contributed by atoms with Gasteiger partial charge in [-0.2, -0.15) is 8.78 Å². The van der Waals surface area contributed by atoms with E-state index in [2.05, 4.69) is 17.0 Å². The summed E-state index contributed by atoms with van der Waals surface area (Å²) in [6.45, 7) is -0.246. The molecule has 0 radical (unpaired) electrons. The number of methoxy groups -OCH3 is 1. The standard InChI is InChI=1S/C20H27F2N3O4/c1-13-6-8-20(9-7-13)17(26)25(19(27)23-20)12-24(2)11-14-4-5-15(29-18(21)22)16(10-14)28-3/h4-5,10,13,18H,6-9,11-12H2,1-3H3,(H,23,27). The molecular formula is C20H27F2N3O4. The number of hydrogen-bond donors (Lipinski definition) is 1. The molecule has 0 bridgehead atoms. The lowest BCUT2D eigenvalue weighted by atomic mass is 9.77. The van der Waals surface area contributed by atoms with E-state index in [0.717, 1.165) is 18.4 Å². The van der Waals surface area contributed by atoms with E-state index in [1.807, 2.05) is 4.90 Å². The lowest BCUT2D eigenvalue weighted by Crippen LogP contribution is -2.49. The Morgan fingerprint density at radius 2 is 1.97 bits per heavy atom. The number of rotatable bonds is 7. The van der Waals surface area contributed by atoms with Crippen molar-refractivity contribution >= 4 is 11.9 Å². The molecule has 0 unspecified atom stereocenters. The molecule has 160 valence electrons. The minimum absolute atomic E-state index is 0.0449. The van der Waals surface area contributed by atoms with Crippen molar-refractivity contribution in [3.05, 3.63) is 23.8 Å².